The lowest BCUT2D eigenvalue weighted by molar-refractivity contribution is -0.159. The summed E-state index contributed by atoms with van der Waals surface area (Å²) in [4.78, 5) is 58.9. The quantitative estimate of drug-likeness (QED) is 0.377. The molecule has 0 aromatic heterocycles. The van der Waals surface area contributed by atoms with Gasteiger partial charge in [-0.15, -0.1) is 0 Å². The molecule has 7 atom stereocenters. The Morgan fingerprint density at radius 1 is 1.07 bits per heavy atom. The van der Waals surface area contributed by atoms with Crippen molar-refractivity contribution in [3.8, 4) is 0 Å². The van der Waals surface area contributed by atoms with Gasteiger partial charge in [0.2, 0.25) is 11.8 Å². The molecule has 2 aromatic carbocycles. The van der Waals surface area contributed by atoms with Crippen molar-refractivity contribution in [1.29, 1.82) is 0 Å². The molecule has 2 saturated heterocycles. The Bertz CT molecular complexity index is 1560. The lowest BCUT2D eigenvalue weighted by Gasteiger charge is -2.39. The van der Waals surface area contributed by atoms with Crippen LogP contribution in [0, 0.1) is 18.8 Å². The molecule has 3 amide bonds. The average Bonchev–Trinajstić information content (AvgIpc) is 3.68. The van der Waals surface area contributed by atoms with Crippen LogP contribution < -0.4 is 10.2 Å². The van der Waals surface area contributed by atoms with Crippen LogP contribution in [0.4, 0.5) is 5.69 Å². The fourth-order valence-corrected chi connectivity index (χ4v) is 7.59. The summed E-state index contributed by atoms with van der Waals surface area (Å²) in [5.41, 5.74) is 0.621. The summed E-state index contributed by atoms with van der Waals surface area (Å²) in [7, 11) is 0. The smallest absolute Gasteiger partial charge is 0.313 e. The second kappa shape index (κ2) is 13.0. The maximum absolute atomic E-state index is 15.1. The second-order valence-corrected chi connectivity index (χ2v) is 12.8. The number of para-hydroxylation sites is 1. The molecule has 0 unspecified atom stereocenters. The number of amides is 3. The molecule has 5 bridgehead atoms. The number of carbonyl (C=O) groups is 4. The zero-order chi connectivity index (χ0) is 32.6. The van der Waals surface area contributed by atoms with E-state index in [1.807, 2.05) is 49.4 Å². The van der Waals surface area contributed by atoms with Crippen LogP contribution in [-0.4, -0.2) is 83.3 Å². The lowest BCUT2D eigenvalue weighted by atomic mass is 9.74. The van der Waals surface area contributed by atoms with Crippen molar-refractivity contribution in [3.63, 3.8) is 0 Å². The van der Waals surface area contributed by atoms with Crippen LogP contribution in [0.15, 0.2) is 72.8 Å². The molecule has 11 heteroatoms. The van der Waals surface area contributed by atoms with Gasteiger partial charge in [0.1, 0.15) is 23.7 Å². The van der Waals surface area contributed by atoms with Gasteiger partial charge >= 0.3 is 5.97 Å². The highest BCUT2D eigenvalue weighted by atomic mass is 35.5. The van der Waals surface area contributed by atoms with Gasteiger partial charge in [-0.3, -0.25) is 19.2 Å². The molecular formula is C35H38ClN3O7. The molecule has 6 rings (SSSR count). The maximum Gasteiger partial charge on any atom is 0.313 e. The Kier molecular flexibility index (Phi) is 9.05. The van der Waals surface area contributed by atoms with Gasteiger partial charge < -0.3 is 29.7 Å². The summed E-state index contributed by atoms with van der Waals surface area (Å²) in [6, 6.07) is 12.8. The third-order valence-corrected chi connectivity index (χ3v) is 9.66. The first-order valence-electron chi connectivity index (χ1n) is 15.7. The van der Waals surface area contributed by atoms with E-state index in [-0.39, 0.29) is 31.8 Å². The highest BCUT2D eigenvalue weighted by molar-refractivity contribution is 6.34. The van der Waals surface area contributed by atoms with E-state index < -0.39 is 66.1 Å². The number of fused-ring (bicyclic) bond motifs is 2. The first-order valence-corrected chi connectivity index (χ1v) is 16.1. The zero-order valence-corrected chi connectivity index (χ0v) is 26.6. The SMILES string of the molecule is Cc1cccc(Cl)c1N1C/C=C\CCC(=O)NC[C@@H](C)OC(=O)[C@@H]2[C@@H]3C=C[C@]4(O3)[C@H](C1=O)N([C@@H](CO)Cc1ccccc1)C(=O)[C@@H]24. The molecule has 2 N–H and O–H groups in total. The molecule has 4 aliphatic heterocycles. The Morgan fingerprint density at radius 2 is 1.85 bits per heavy atom. The van der Waals surface area contributed by atoms with Crippen molar-refractivity contribution in [2.45, 2.75) is 63.0 Å². The van der Waals surface area contributed by atoms with Crippen LogP contribution in [0.25, 0.3) is 0 Å². The minimum Gasteiger partial charge on any atom is -0.460 e. The molecule has 10 nitrogen and oxygen atoms in total. The van der Waals surface area contributed by atoms with Crippen LogP contribution in [0.5, 0.6) is 0 Å². The van der Waals surface area contributed by atoms with Crippen LogP contribution in [0.2, 0.25) is 5.02 Å². The largest absolute Gasteiger partial charge is 0.460 e. The van der Waals surface area contributed by atoms with Crippen molar-refractivity contribution in [2.24, 2.45) is 11.8 Å². The number of hydrogen-bond acceptors (Lipinski definition) is 7. The number of aliphatic hydroxyl groups excluding tert-OH is 1. The number of aliphatic hydroxyl groups is 1. The monoisotopic (exact) mass is 647 g/mol. The summed E-state index contributed by atoms with van der Waals surface area (Å²) in [5, 5.41) is 13.9. The maximum atomic E-state index is 15.1. The molecule has 0 aliphatic carbocycles. The molecule has 242 valence electrons. The minimum atomic E-state index is -1.48. The number of hydrogen-bond donors (Lipinski definition) is 2. The van der Waals surface area contributed by atoms with E-state index in [0.29, 0.717) is 17.1 Å². The Hall–Kier alpha value is -3.99. The van der Waals surface area contributed by atoms with Gasteiger partial charge in [0, 0.05) is 13.0 Å². The summed E-state index contributed by atoms with van der Waals surface area (Å²) < 4.78 is 12.3. The summed E-state index contributed by atoms with van der Waals surface area (Å²) in [6.45, 7) is 3.31. The molecule has 0 radical (unpaired) electrons. The third-order valence-electron chi connectivity index (χ3n) is 9.36. The number of halogens is 1. The van der Waals surface area contributed by atoms with E-state index in [9.17, 15) is 19.5 Å². The number of carbonyl (C=O) groups excluding carboxylic acids is 4. The van der Waals surface area contributed by atoms with E-state index in [4.69, 9.17) is 21.1 Å². The second-order valence-electron chi connectivity index (χ2n) is 12.4. The van der Waals surface area contributed by atoms with Crippen molar-refractivity contribution in [2.75, 3.05) is 24.6 Å². The molecule has 2 fully saturated rings. The molecule has 2 aromatic rings. The number of anilines is 1. The van der Waals surface area contributed by atoms with Crippen molar-refractivity contribution < 1.29 is 33.8 Å². The van der Waals surface area contributed by atoms with Gasteiger partial charge in [0.25, 0.3) is 5.91 Å². The van der Waals surface area contributed by atoms with Crippen molar-refractivity contribution in [1.82, 2.24) is 10.2 Å². The van der Waals surface area contributed by atoms with Crippen LogP contribution >= 0.6 is 11.6 Å². The van der Waals surface area contributed by atoms with Gasteiger partial charge in [-0.1, -0.05) is 78.4 Å². The number of aryl methyl sites for hydroxylation is 1. The van der Waals surface area contributed by atoms with Crippen molar-refractivity contribution >= 4 is 41.0 Å². The standard InChI is InChI=1S/C35H38ClN3O7/c1-21-10-9-13-25(36)30(21)38-17-8-4-7-14-27(41)37-19-22(2)45-34(44)28-26-15-16-35(46-26)29(28)32(42)39(31(35)33(38)43)24(20-40)18-23-11-5-3-6-12-23/h3-6,8-13,15-16,22,24,26,28-29,31,40H,7,14,17-20H2,1-2H3,(H,37,41)/b8-4-/t22-,24-,26+,28-,29-,31+,35-/m1/s1. The number of esters is 1. The molecule has 0 saturated carbocycles. The number of benzene rings is 2. The summed E-state index contributed by atoms with van der Waals surface area (Å²) in [5.74, 6) is -3.84. The zero-order valence-electron chi connectivity index (χ0n) is 25.8. The average molecular weight is 648 g/mol. The number of rotatable bonds is 5. The van der Waals surface area contributed by atoms with Gasteiger partial charge in [0.05, 0.1) is 41.9 Å². The number of allylic oxidation sites excluding steroid dienone is 1. The predicted octanol–water partition coefficient (Wildman–Crippen LogP) is 3.13. The predicted molar refractivity (Wildman–Crippen MR) is 171 cm³/mol. The van der Waals surface area contributed by atoms with Crippen LogP contribution in [-0.2, 0) is 35.1 Å². The highest BCUT2D eigenvalue weighted by Gasteiger charge is 2.74. The van der Waals surface area contributed by atoms with E-state index in [0.717, 1.165) is 11.1 Å². The number of likely N-dealkylation sites (tertiary alicyclic amines) is 1. The van der Waals surface area contributed by atoms with Gasteiger partial charge in [-0.05, 0) is 43.9 Å². The summed E-state index contributed by atoms with van der Waals surface area (Å²) in [6.07, 6.45) is 6.55. The van der Waals surface area contributed by atoms with E-state index in [1.165, 1.54) is 9.80 Å². The third kappa shape index (κ3) is 5.63. The van der Waals surface area contributed by atoms with Crippen LogP contribution in [0.1, 0.15) is 30.9 Å². The Balaban J connectivity index is 1.49. The number of nitrogens with zero attached hydrogens (tertiary/aromatic N) is 2. The fraction of sp³-hybridized carbons (Fsp3) is 0.429. The first kappa shape index (κ1) is 32.0. The topological polar surface area (TPSA) is 125 Å². The number of nitrogens with one attached hydrogen (secondary N) is 1. The minimum absolute atomic E-state index is 0.0996. The van der Waals surface area contributed by atoms with E-state index >= 15 is 4.79 Å². The highest BCUT2D eigenvalue weighted by Crippen LogP contribution is 2.56. The molecule has 4 aliphatic rings. The van der Waals surface area contributed by atoms with Gasteiger partial charge in [-0.25, -0.2) is 0 Å². The Labute approximate surface area is 273 Å². The van der Waals surface area contributed by atoms with Gasteiger partial charge in [-0.2, -0.15) is 0 Å². The number of cyclic esters (lactones) is 1. The molecular weight excluding hydrogens is 610 g/mol. The fourth-order valence-electron chi connectivity index (χ4n) is 7.27. The number of ether oxygens (including phenoxy) is 2. The molecule has 46 heavy (non-hydrogen) atoms. The van der Waals surface area contributed by atoms with E-state index in [1.54, 1.807) is 37.3 Å². The summed E-state index contributed by atoms with van der Waals surface area (Å²) >= 11 is 6.73. The van der Waals surface area contributed by atoms with Crippen molar-refractivity contribution in [3.05, 3.63) is 89.0 Å². The van der Waals surface area contributed by atoms with Crippen LogP contribution in [0.3, 0.4) is 0 Å². The Morgan fingerprint density at radius 3 is 2.59 bits per heavy atom. The lowest BCUT2D eigenvalue weighted by Crippen LogP contribution is -2.59. The molecule has 1 spiro atoms. The van der Waals surface area contributed by atoms with E-state index in [2.05, 4.69) is 5.32 Å². The van der Waals surface area contributed by atoms with Gasteiger partial charge in [0.15, 0.2) is 0 Å². The normalized spacial score (nSPS) is 31.1. The molecule has 4 heterocycles. The first-order chi connectivity index (χ1) is 22.2.